The van der Waals surface area contributed by atoms with Gasteiger partial charge in [0.05, 0.1) is 0 Å². The van der Waals surface area contributed by atoms with E-state index >= 15 is 0 Å². The molecule has 5 heteroatoms. The van der Waals surface area contributed by atoms with Gasteiger partial charge in [0.2, 0.25) is 0 Å². The van der Waals surface area contributed by atoms with Crippen molar-refractivity contribution in [3.05, 3.63) is 23.3 Å². The maximum absolute atomic E-state index is 12.7. The minimum absolute atomic E-state index is 0.249. The van der Waals surface area contributed by atoms with E-state index in [0.29, 0.717) is 11.1 Å². The van der Waals surface area contributed by atoms with E-state index in [2.05, 4.69) is 0 Å². The average molecular weight is 203 g/mol. The Morgan fingerprint density at radius 2 is 1.85 bits per heavy atom. The van der Waals surface area contributed by atoms with Crippen LogP contribution < -0.4 is 5.73 Å². The molecule has 0 radical (unpaired) electrons. The Hall–Kier alpha value is -1.10. The standard InChI is InChI=1S/C8H10FNO2S/c1-5-3-7(10)4-8(6(5)2)13(9,11)12/h3-4H,10H2,1-2H3. The Labute approximate surface area is 76.6 Å². The van der Waals surface area contributed by atoms with Crippen molar-refractivity contribution in [3.8, 4) is 0 Å². The van der Waals surface area contributed by atoms with Crippen LogP contribution in [0.1, 0.15) is 11.1 Å². The van der Waals surface area contributed by atoms with E-state index in [1.54, 1.807) is 19.9 Å². The Morgan fingerprint density at radius 1 is 1.31 bits per heavy atom. The molecule has 0 atom stereocenters. The molecule has 0 fully saturated rings. The highest BCUT2D eigenvalue weighted by molar-refractivity contribution is 7.86. The van der Waals surface area contributed by atoms with Crippen molar-refractivity contribution in [2.45, 2.75) is 18.7 Å². The number of hydrogen-bond donors (Lipinski definition) is 1. The van der Waals surface area contributed by atoms with Gasteiger partial charge in [-0.3, -0.25) is 0 Å². The Balaban J connectivity index is 3.56. The third kappa shape index (κ3) is 1.98. The van der Waals surface area contributed by atoms with E-state index in [4.69, 9.17) is 5.73 Å². The highest BCUT2D eigenvalue weighted by Crippen LogP contribution is 2.23. The summed E-state index contributed by atoms with van der Waals surface area (Å²) in [7, 11) is -4.66. The van der Waals surface area contributed by atoms with E-state index in [0.717, 1.165) is 6.07 Å². The minimum atomic E-state index is -4.66. The lowest BCUT2D eigenvalue weighted by Crippen LogP contribution is -2.00. The second-order valence-electron chi connectivity index (χ2n) is 2.90. The van der Waals surface area contributed by atoms with E-state index in [9.17, 15) is 12.3 Å². The summed E-state index contributed by atoms with van der Waals surface area (Å²) < 4.78 is 33.9. The van der Waals surface area contributed by atoms with Gasteiger partial charge in [-0.25, -0.2) is 0 Å². The van der Waals surface area contributed by atoms with Crippen molar-refractivity contribution < 1.29 is 12.3 Å². The quantitative estimate of drug-likeness (QED) is 0.556. The SMILES string of the molecule is Cc1cc(N)cc(S(=O)(=O)F)c1C. The Morgan fingerprint density at radius 3 is 2.31 bits per heavy atom. The second kappa shape index (κ2) is 2.99. The van der Waals surface area contributed by atoms with Gasteiger partial charge in [-0.05, 0) is 37.1 Å². The van der Waals surface area contributed by atoms with Gasteiger partial charge in [0.1, 0.15) is 4.90 Å². The van der Waals surface area contributed by atoms with E-state index < -0.39 is 10.2 Å². The molecule has 0 saturated carbocycles. The molecule has 1 aromatic rings. The lowest BCUT2D eigenvalue weighted by Gasteiger charge is -2.05. The van der Waals surface area contributed by atoms with Gasteiger partial charge < -0.3 is 5.73 Å². The first-order valence-corrected chi connectivity index (χ1v) is 5.02. The van der Waals surface area contributed by atoms with Gasteiger partial charge in [-0.1, -0.05) is 0 Å². The number of halogens is 1. The molecule has 2 N–H and O–H groups in total. The van der Waals surface area contributed by atoms with Crippen LogP contribution in [0.25, 0.3) is 0 Å². The summed E-state index contributed by atoms with van der Waals surface area (Å²) in [4.78, 5) is -0.343. The third-order valence-corrected chi connectivity index (χ3v) is 2.85. The molecule has 0 unspecified atom stereocenters. The van der Waals surface area contributed by atoms with Gasteiger partial charge in [-0.15, -0.1) is 3.89 Å². The van der Waals surface area contributed by atoms with Gasteiger partial charge in [0, 0.05) is 5.69 Å². The molecule has 0 aliphatic heterocycles. The fourth-order valence-electron chi connectivity index (χ4n) is 1.11. The van der Waals surface area contributed by atoms with Crippen molar-refractivity contribution in [1.82, 2.24) is 0 Å². The van der Waals surface area contributed by atoms with Crippen molar-refractivity contribution in [3.63, 3.8) is 0 Å². The Kier molecular flexibility index (Phi) is 2.30. The second-order valence-corrected chi connectivity index (χ2v) is 4.21. The summed E-state index contributed by atoms with van der Waals surface area (Å²) >= 11 is 0. The van der Waals surface area contributed by atoms with Crippen molar-refractivity contribution >= 4 is 15.9 Å². The molecule has 0 bridgehead atoms. The largest absolute Gasteiger partial charge is 0.399 e. The van der Waals surface area contributed by atoms with Crippen LogP contribution in [0.15, 0.2) is 17.0 Å². The third-order valence-electron chi connectivity index (χ3n) is 1.90. The maximum Gasteiger partial charge on any atom is 0.332 e. The molecule has 1 aromatic carbocycles. The molecule has 1 rings (SSSR count). The summed E-state index contributed by atoms with van der Waals surface area (Å²) in [6.45, 7) is 3.22. The molecule has 0 heterocycles. The van der Waals surface area contributed by atoms with Crippen LogP contribution in [0.5, 0.6) is 0 Å². The molecule has 13 heavy (non-hydrogen) atoms. The molecule has 3 nitrogen and oxygen atoms in total. The first-order valence-electron chi connectivity index (χ1n) is 3.64. The lowest BCUT2D eigenvalue weighted by atomic mass is 10.1. The van der Waals surface area contributed by atoms with Crippen LogP contribution in [0.3, 0.4) is 0 Å². The molecule has 0 aliphatic rings. The molecular weight excluding hydrogens is 193 g/mol. The van der Waals surface area contributed by atoms with Crippen LogP contribution in [0.2, 0.25) is 0 Å². The zero-order chi connectivity index (χ0) is 10.2. The highest BCUT2D eigenvalue weighted by Gasteiger charge is 2.16. The predicted octanol–water partition coefficient (Wildman–Crippen LogP) is 1.54. The van der Waals surface area contributed by atoms with Crippen LogP contribution in [-0.4, -0.2) is 8.42 Å². The molecule has 72 valence electrons. The van der Waals surface area contributed by atoms with Crippen LogP contribution >= 0.6 is 0 Å². The van der Waals surface area contributed by atoms with Crippen molar-refractivity contribution in [2.24, 2.45) is 0 Å². The summed E-state index contributed by atoms with van der Waals surface area (Å²) in [5.74, 6) is 0. The van der Waals surface area contributed by atoms with Crippen LogP contribution in [0.4, 0.5) is 9.57 Å². The number of rotatable bonds is 1. The summed E-state index contributed by atoms with van der Waals surface area (Å²) in [6.07, 6.45) is 0. The molecule has 0 spiro atoms. The number of anilines is 1. The van der Waals surface area contributed by atoms with Crippen LogP contribution in [-0.2, 0) is 10.2 Å². The fourth-order valence-corrected chi connectivity index (χ4v) is 1.91. The first-order chi connectivity index (χ1) is 5.82. The average Bonchev–Trinajstić information content (AvgIpc) is 1.94. The molecular formula is C8H10FNO2S. The van der Waals surface area contributed by atoms with Crippen molar-refractivity contribution in [2.75, 3.05) is 5.73 Å². The van der Waals surface area contributed by atoms with E-state index in [1.807, 2.05) is 0 Å². The van der Waals surface area contributed by atoms with Gasteiger partial charge in [-0.2, -0.15) is 8.42 Å². The monoisotopic (exact) mass is 203 g/mol. The van der Waals surface area contributed by atoms with Crippen molar-refractivity contribution in [1.29, 1.82) is 0 Å². The minimum Gasteiger partial charge on any atom is -0.399 e. The zero-order valence-corrected chi connectivity index (χ0v) is 8.15. The van der Waals surface area contributed by atoms with Gasteiger partial charge >= 0.3 is 10.2 Å². The summed E-state index contributed by atoms with van der Waals surface area (Å²) in [5, 5.41) is 0. The summed E-state index contributed by atoms with van der Waals surface area (Å²) in [5.41, 5.74) is 6.71. The molecule has 0 amide bonds. The lowest BCUT2D eigenvalue weighted by molar-refractivity contribution is 0.551. The molecule has 0 aromatic heterocycles. The van der Waals surface area contributed by atoms with E-state index in [-0.39, 0.29) is 10.6 Å². The Bertz CT molecular complexity index is 440. The number of nitrogen functional groups attached to an aromatic ring is 1. The van der Waals surface area contributed by atoms with Gasteiger partial charge in [0.25, 0.3) is 0 Å². The summed E-state index contributed by atoms with van der Waals surface area (Å²) in [6, 6.07) is 2.72. The number of hydrogen-bond acceptors (Lipinski definition) is 3. The molecule has 0 aliphatic carbocycles. The number of aryl methyl sites for hydroxylation is 1. The van der Waals surface area contributed by atoms with Crippen LogP contribution in [0, 0.1) is 13.8 Å². The smallest absolute Gasteiger partial charge is 0.332 e. The first kappa shape index (κ1) is 9.98. The molecule has 0 saturated heterocycles. The fraction of sp³-hybridized carbons (Fsp3) is 0.250. The zero-order valence-electron chi connectivity index (χ0n) is 7.33. The number of benzene rings is 1. The van der Waals surface area contributed by atoms with E-state index in [1.165, 1.54) is 0 Å². The topological polar surface area (TPSA) is 60.2 Å². The normalized spacial score (nSPS) is 11.6. The maximum atomic E-state index is 12.7. The highest BCUT2D eigenvalue weighted by atomic mass is 32.3. The number of nitrogens with two attached hydrogens (primary N) is 1. The van der Waals surface area contributed by atoms with Gasteiger partial charge in [0.15, 0.2) is 0 Å². The predicted molar refractivity (Wildman–Crippen MR) is 48.6 cm³/mol.